The molecule has 3 nitrogen and oxygen atoms in total. The molecule has 0 radical (unpaired) electrons. The van der Waals surface area contributed by atoms with E-state index in [9.17, 15) is 9.90 Å². The number of benzene rings is 2. The summed E-state index contributed by atoms with van der Waals surface area (Å²) in [4.78, 5) is 14.9. The molecule has 0 aliphatic rings. The van der Waals surface area contributed by atoms with E-state index in [2.05, 4.69) is 11.1 Å². The van der Waals surface area contributed by atoms with Crippen LogP contribution in [0.25, 0.3) is 10.8 Å². The molecule has 1 aromatic heterocycles. The fraction of sp³-hybridized carbons (Fsp3) is 0.0588. The van der Waals surface area contributed by atoms with Crippen molar-refractivity contribution in [2.75, 3.05) is 0 Å². The van der Waals surface area contributed by atoms with Gasteiger partial charge in [-0.3, -0.25) is 4.98 Å². The van der Waals surface area contributed by atoms with Crippen molar-refractivity contribution in [1.29, 1.82) is 0 Å². The molecule has 0 amide bonds. The first-order valence-electron chi connectivity index (χ1n) is 6.35. The number of carboxylic acid groups (broad SMARTS) is 1. The van der Waals surface area contributed by atoms with Gasteiger partial charge in [-0.05, 0) is 46.0 Å². The van der Waals surface area contributed by atoms with Gasteiger partial charge < -0.3 is 9.90 Å². The van der Waals surface area contributed by atoms with E-state index in [0.29, 0.717) is 0 Å². The topological polar surface area (TPSA) is 53.0 Å². The normalized spacial score (nSPS) is 10.1. The summed E-state index contributed by atoms with van der Waals surface area (Å²) >= 11 is 0. The number of hydrogen-bond acceptors (Lipinski definition) is 3. The Morgan fingerprint density at radius 3 is 2.48 bits per heavy atom. The third kappa shape index (κ3) is 3.70. The monoisotopic (exact) mass is 285 g/mol. The largest absolute Gasteiger partial charge is 1.00 e. The van der Waals surface area contributed by atoms with E-state index in [4.69, 9.17) is 0 Å². The molecule has 1 heterocycles. The molecule has 0 spiro atoms. The van der Waals surface area contributed by atoms with Crippen LogP contribution in [-0.2, 0) is 6.42 Å². The molecule has 0 bridgehead atoms. The number of pyridine rings is 1. The average molecular weight is 285 g/mol. The van der Waals surface area contributed by atoms with E-state index in [0.717, 1.165) is 22.8 Å². The van der Waals surface area contributed by atoms with E-state index in [1.54, 1.807) is 18.3 Å². The predicted octanol–water partition coefficient (Wildman–Crippen LogP) is -0.807. The van der Waals surface area contributed by atoms with Crippen LogP contribution in [0, 0.1) is 0 Å². The summed E-state index contributed by atoms with van der Waals surface area (Å²) < 4.78 is 0. The van der Waals surface area contributed by atoms with Crippen LogP contribution in [0.3, 0.4) is 0 Å². The minimum absolute atomic E-state index is 0. The fourth-order valence-corrected chi connectivity index (χ4v) is 2.27. The molecule has 98 valence electrons. The number of aromatic nitrogens is 1. The van der Waals surface area contributed by atoms with Crippen LogP contribution >= 0.6 is 0 Å². The summed E-state index contributed by atoms with van der Waals surface area (Å²) in [6, 6.07) is 15.0. The number of hydrogen-bond donors (Lipinski definition) is 0. The number of carbonyl (C=O) groups excluding carboxylic acids is 1. The molecule has 0 N–H and O–H groups in total. The van der Waals surface area contributed by atoms with Crippen LogP contribution in [0.5, 0.6) is 0 Å². The summed E-state index contributed by atoms with van der Waals surface area (Å²) in [6.07, 6.45) is 4.42. The molecule has 21 heavy (non-hydrogen) atoms. The van der Waals surface area contributed by atoms with Crippen LogP contribution in [-0.4, -0.2) is 11.0 Å². The van der Waals surface area contributed by atoms with Crippen molar-refractivity contribution in [1.82, 2.24) is 4.98 Å². The van der Waals surface area contributed by atoms with Gasteiger partial charge in [-0.2, -0.15) is 0 Å². The maximum atomic E-state index is 10.8. The zero-order valence-corrected chi connectivity index (χ0v) is 13.7. The van der Waals surface area contributed by atoms with Gasteiger partial charge in [-0.1, -0.05) is 36.4 Å². The Morgan fingerprint density at radius 2 is 1.76 bits per heavy atom. The number of carbonyl (C=O) groups is 1. The molecule has 3 rings (SSSR count). The summed E-state index contributed by atoms with van der Waals surface area (Å²) in [5.41, 5.74) is 2.53. The van der Waals surface area contributed by atoms with Crippen molar-refractivity contribution in [2.24, 2.45) is 0 Å². The SMILES string of the molecule is O=C([O-])c1ccc2cc(Cc3cccnc3)ccc2c1.[Na+]. The van der Waals surface area contributed by atoms with Crippen LogP contribution in [0.1, 0.15) is 21.5 Å². The number of carboxylic acids is 1. The van der Waals surface area contributed by atoms with Crippen molar-refractivity contribution < 1.29 is 39.5 Å². The first-order chi connectivity index (χ1) is 9.72. The number of rotatable bonds is 3. The van der Waals surface area contributed by atoms with Gasteiger partial charge in [0.25, 0.3) is 0 Å². The first kappa shape index (κ1) is 15.7. The number of nitrogens with zero attached hydrogens (tertiary/aromatic N) is 1. The Kier molecular flexibility index (Phi) is 5.12. The van der Waals surface area contributed by atoms with E-state index in [-0.39, 0.29) is 35.1 Å². The molecule has 0 saturated heterocycles. The molecular weight excluding hydrogens is 273 g/mol. The zero-order chi connectivity index (χ0) is 13.9. The maximum absolute atomic E-state index is 10.8. The molecule has 0 unspecified atom stereocenters. The molecule has 0 saturated carbocycles. The summed E-state index contributed by atoms with van der Waals surface area (Å²) in [5.74, 6) is -1.15. The molecule has 4 heteroatoms. The molecule has 2 aromatic carbocycles. The van der Waals surface area contributed by atoms with Gasteiger partial charge in [0.1, 0.15) is 0 Å². The van der Waals surface area contributed by atoms with Crippen molar-refractivity contribution in [3.63, 3.8) is 0 Å². The fourth-order valence-electron chi connectivity index (χ4n) is 2.27. The van der Waals surface area contributed by atoms with Gasteiger partial charge in [-0.25, -0.2) is 0 Å². The van der Waals surface area contributed by atoms with Crippen LogP contribution in [0.4, 0.5) is 0 Å². The Morgan fingerprint density at radius 1 is 1.00 bits per heavy atom. The van der Waals surface area contributed by atoms with E-state index < -0.39 is 5.97 Å². The van der Waals surface area contributed by atoms with Gasteiger partial charge in [0.05, 0.1) is 5.97 Å². The van der Waals surface area contributed by atoms with E-state index in [1.807, 2.05) is 36.5 Å². The average Bonchev–Trinajstić information content (AvgIpc) is 2.47. The van der Waals surface area contributed by atoms with Crippen molar-refractivity contribution in [3.05, 3.63) is 77.6 Å². The van der Waals surface area contributed by atoms with E-state index in [1.165, 1.54) is 5.56 Å². The van der Waals surface area contributed by atoms with E-state index >= 15 is 0 Å². The maximum Gasteiger partial charge on any atom is 1.00 e. The summed E-state index contributed by atoms with van der Waals surface area (Å²) in [6.45, 7) is 0. The third-order valence-corrected chi connectivity index (χ3v) is 3.27. The number of aromatic carboxylic acids is 1. The van der Waals surface area contributed by atoms with Gasteiger partial charge >= 0.3 is 29.6 Å². The standard InChI is InChI=1S/C17H13NO2.Na/c19-17(20)16-6-5-14-9-12(3-4-15(14)10-16)8-13-2-1-7-18-11-13;/h1-7,9-11H,8H2,(H,19,20);/q;+1/p-1. The Balaban J connectivity index is 0.00000161. The predicted molar refractivity (Wildman–Crippen MR) is 75.3 cm³/mol. The summed E-state index contributed by atoms with van der Waals surface area (Å²) in [5, 5.41) is 12.8. The van der Waals surface area contributed by atoms with Crippen LogP contribution in [0.2, 0.25) is 0 Å². The summed E-state index contributed by atoms with van der Waals surface area (Å²) in [7, 11) is 0. The van der Waals surface area contributed by atoms with Gasteiger partial charge in [0, 0.05) is 12.4 Å². The molecular formula is C17H12NNaO2. The quantitative estimate of drug-likeness (QED) is 0.592. The van der Waals surface area contributed by atoms with Gasteiger partial charge in [0.15, 0.2) is 0 Å². The van der Waals surface area contributed by atoms with Gasteiger partial charge in [0.2, 0.25) is 0 Å². The smallest absolute Gasteiger partial charge is 0.545 e. The van der Waals surface area contributed by atoms with Crippen LogP contribution in [0.15, 0.2) is 60.9 Å². The Labute approximate surface area is 144 Å². The molecule has 3 aromatic rings. The van der Waals surface area contributed by atoms with Gasteiger partial charge in [-0.15, -0.1) is 0 Å². The molecule has 0 aliphatic heterocycles. The first-order valence-corrected chi connectivity index (χ1v) is 6.35. The second kappa shape index (κ2) is 6.85. The molecule has 0 atom stereocenters. The third-order valence-electron chi connectivity index (χ3n) is 3.27. The zero-order valence-electron chi connectivity index (χ0n) is 11.7. The van der Waals surface area contributed by atoms with Crippen molar-refractivity contribution in [3.8, 4) is 0 Å². The second-order valence-corrected chi connectivity index (χ2v) is 4.72. The van der Waals surface area contributed by atoms with Crippen molar-refractivity contribution >= 4 is 16.7 Å². The Hall–Kier alpha value is -1.68. The van der Waals surface area contributed by atoms with Crippen molar-refractivity contribution in [2.45, 2.75) is 6.42 Å². The van der Waals surface area contributed by atoms with Crippen LogP contribution < -0.4 is 34.7 Å². The molecule has 0 aliphatic carbocycles. The second-order valence-electron chi connectivity index (χ2n) is 4.72. The number of fused-ring (bicyclic) bond motifs is 1. The minimum atomic E-state index is -1.15. The Bertz CT molecular complexity index is 772. The molecule has 0 fully saturated rings. The minimum Gasteiger partial charge on any atom is -0.545 e.